The number of rotatable bonds is 1. The molecular weight excluding hydrogens is 284 g/mol. The molecule has 1 aromatic carbocycles. The van der Waals surface area contributed by atoms with Gasteiger partial charge in [0.25, 0.3) is 0 Å². The lowest BCUT2D eigenvalue weighted by Gasteiger charge is -2.17. The second-order valence-electron chi connectivity index (χ2n) is 4.30. The first kappa shape index (κ1) is 12.4. The summed E-state index contributed by atoms with van der Waals surface area (Å²) < 4.78 is 0.866. The van der Waals surface area contributed by atoms with Gasteiger partial charge in [-0.1, -0.05) is 6.07 Å². The number of halogens is 1. The van der Waals surface area contributed by atoms with Crippen LogP contribution in [0.15, 0.2) is 22.7 Å². The zero-order valence-corrected chi connectivity index (χ0v) is 11.2. The molecule has 0 unspecified atom stereocenters. The van der Waals surface area contributed by atoms with E-state index >= 15 is 0 Å². The molecule has 1 aliphatic heterocycles. The largest absolute Gasteiger partial charge is 0.391 e. The number of benzene rings is 1. The number of aliphatic hydroxyl groups excluding tert-OH is 1. The molecule has 0 saturated carbocycles. The van der Waals surface area contributed by atoms with Crippen molar-refractivity contribution in [2.45, 2.75) is 19.4 Å². The van der Waals surface area contributed by atoms with Gasteiger partial charge in [0, 0.05) is 17.6 Å². The summed E-state index contributed by atoms with van der Waals surface area (Å²) in [4.78, 5) is 13.5. The van der Waals surface area contributed by atoms with Crippen molar-refractivity contribution in [1.82, 2.24) is 4.90 Å². The number of likely N-dealkylation sites (tertiary alicyclic amines) is 1. The van der Waals surface area contributed by atoms with Crippen LogP contribution in [0.25, 0.3) is 0 Å². The normalized spacial score (nSPS) is 19.5. The van der Waals surface area contributed by atoms with Crippen molar-refractivity contribution in [2.75, 3.05) is 18.4 Å². The van der Waals surface area contributed by atoms with Gasteiger partial charge in [-0.25, -0.2) is 4.79 Å². The minimum absolute atomic E-state index is 0.161. The summed E-state index contributed by atoms with van der Waals surface area (Å²) in [5.74, 6) is 0. The van der Waals surface area contributed by atoms with Crippen molar-refractivity contribution in [3.05, 3.63) is 28.2 Å². The minimum atomic E-state index is -0.387. The summed E-state index contributed by atoms with van der Waals surface area (Å²) in [7, 11) is 0. The smallest absolute Gasteiger partial charge is 0.321 e. The van der Waals surface area contributed by atoms with E-state index in [1.807, 2.05) is 25.1 Å². The number of β-amino-alcohol motifs (C(OH)–C–C–N with tert-alkyl or cyclic N) is 1. The van der Waals surface area contributed by atoms with Gasteiger partial charge in [-0.05, 0) is 47.0 Å². The topological polar surface area (TPSA) is 52.6 Å². The fourth-order valence-corrected chi connectivity index (χ4v) is 2.43. The van der Waals surface area contributed by atoms with Crippen molar-refractivity contribution in [3.8, 4) is 0 Å². The molecule has 92 valence electrons. The average molecular weight is 299 g/mol. The van der Waals surface area contributed by atoms with Gasteiger partial charge in [-0.15, -0.1) is 0 Å². The molecule has 1 fully saturated rings. The van der Waals surface area contributed by atoms with Crippen LogP contribution in [-0.2, 0) is 0 Å². The molecule has 0 aromatic heterocycles. The van der Waals surface area contributed by atoms with Crippen LogP contribution >= 0.6 is 15.9 Å². The van der Waals surface area contributed by atoms with E-state index in [0.717, 1.165) is 15.7 Å². The third-order valence-corrected chi connectivity index (χ3v) is 3.47. The molecule has 2 N–H and O–H groups in total. The number of carbonyl (C=O) groups excluding carboxylic acids is 1. The summed E-state index contributed by atoms with van der Waals surface area (Å²) in [5, 5.41) is 12.2. The fraction of sp³-hybridized carbons (Fsp3) is 0.417. The van der Waals surface area contributed by atoms with Gasteiger partial charge >= 0.3 is 6.03 Å². The van der Waals surface area contributed by atoms with Crippen LogP contribution in [0.1, 0.15) is 12.0 Å². The standard InChI is InChI=1S/C12H15BrN2O2/c1-8-2-3-11(10(13)6-8)14-12(17)15-5-4-9(16)7-15/h2-3,6,9,16H,4-5,7H2,1H3,(H,14,17)/t9-/m1/s1. The van der Waals surface area contributed by atoms with E-state index in [0.29, 0.717) is 19.5 Å². The quantitative estimate of drug-likeness (QED) is 0.836. The summed E-state index contributed by atoms with van der Waals surface area (Å²) in [5.41, 5.74) is 1.88. The number of nitrogens with one attached hydrogen (secondary N) is 1. The number of urea groups is 1. The minimum Gasteiger partial charge on any atom is -0.391 e. The Morgan fingerprint density at radius 3 is 2.94 bits per heavy atom. The lowest BCUT2D eigenvalue weighted by atomic mass is 10.2. The molecule has 5 heteroatoms. The van der Waals surface area contributed by atoms with Crippen molar-refractivity contribution >= 4 is 27.6 Å². The second kappa shape index (κ2) is 5.06. The molecule has 0 radical (unpaired) electrons. The van der Waals surface area contributed by atoms with E-state index in [-0.39, 0.29) is 12.1 Å². The highest BCUT2D eigenvalue weighted by atomic mass is 79.9. The molecule has 0 spiro atoms. The summed E-state index contributed by atoms with van der Waals surface area (Å²) in [6.07, 6.45) is 0.268. The van der Waals surface area contributed by atoms with Crippen LogP contribution in [0.2, 0.25) is 0 Å². The van der Waals surface area contributed by atoms with Gasteiger partial charge in [-0.3, -0.25) is 0 Å². The monoisotopic (exact) mass is 298 g/mol. The van der Waals surface area contributed by atoms with E-state index in [2.05, 4.69) is 21.2 Å². The van der Waals surface area contributed by atoms with E-state index < -0.39 is 0 Å². The number of hydrogen-bond donors (Lipinski definition) is 2. The first-order valence-corrected chi connectivity index (χ1v) is 6.35. The van der Waals surface area contributed by atoms with Gasteiger partial charge in [0.2, 0.25) is 0 Å². The van der Waals surface area contributed by atoms with E-state index in [1.165, 1.54) is 0 Å². The van der Waals surface area contributed by atoms with E-state index in [9.17, 15) is 9.90 Å². The van der Waals surface area contributed by atoms with Crippen molar-refractivity contribution in [2.24, 2.45) is 0 Å². The van der Waals surface area contributed by atoms with Crippen molar-refractivity contribution in [1.29, 1.82) is 0 Å². The Labute approximate surface area is 109 Å². The number of anilines is 1. The predicted octanol–water partition coefficient (Wildman–Crippen LogP) is 2.36. The lowest BCUT2D eigenvalue weighted by Crippen LogP contribution is -2.33. The Bertz CT molecular complexity index is 437. The van der Waals surface area contributed by atoms with Crippen molar-refractivity contribution < 1.29 is 9.90 Å². The molecule has 1 saturated heterocycles. The number of aryl methyl sites for hydroxylation is 1. The van der Waals surface area contributed by atoms with Gasteiger partial charge in [-0.2, -0.15) is 0 Å². The molecule has 4 nitrogen and oxygen atoms in total. The zero-order valence-electron chi connectivity index (χ0n) is 9.61. The molecule has 17 heavy (non-hydrogen) atoms. The molecule has 1 aliphatic rings. The molecular formula is C12H15BrN2O2. The summed E-state index contributed by atoms with van der Waals surface area (Å²) >= 11 is 3.41. The summed E-state index contributed by atoms with van der Waals surface area (Å²) in [6.45, 7) is 3.01. The number of hydrogen-bond acceptors (Lipinski definition) is 2. The third-order valence-electron chi connectivity index (χ3n) is 2.82. The van der Waals surface area contributed by atoms with Crippen LogP contribution in [-0.4, -0.2) is 35.2 Å². The molecule has 2 rings (SSSR count). The van der Waals surface area contributed by atoms with E-state index in [4.69, 9.17) is 0 Å². The van der Waals surface area contributed by atoms with Gasteiger partial charge in [0.15, 0.2) is 0 Å². The highest BCUT2D eigenvalue weighted by Crippen LogP contribution is 2.24. The number of carbonyl (C=O) groups is 1. The maximum Gasteiger partial charge on any atom is 0.321 e. The van der Waals surface area contributed by atoms with E-state index in [1.54, 1.807) is 4.90 Å². The Balaban J connectivity index is 2.03. The molecule has 0 bridgehead atoms. The Kier molecular flexibility index (Phi) is 3.69. The molecule has 1 atom stereocenters. The average Bonchev–Trinajstić information content (AvgIpc) is 2.69. The maximum atomic E-state index is 11.9. The molecule has 0 aliphatic carbocycles. The predicted molar refractivity (Wildman–Crippen MR) is 70.1 cm³/mol. The third kappa shape index (κ3) is 2.98. The van der Waals surface area contributed by atoms with Crippen LogP contribution in [0.3, 0.4) is 0 Å². The summed E-state index contributed by atoms with van der Waals surface area (Å²) in [6, 6.07) is 5.60. The fourth-order valence-electron chi connectivity index (χ4n) is 1.84. The first-order valence-electron chi connectivity index (χ1n) is 5.56. The van der Waals surface area contributed by atoms with Gasteiger partial charge < -0.3 is 15.3 Å². The second-order valence-corrected chi connectivity index (χ2v) is 5.16. The van der Waals surface area contributed by atoms with Crippen LogP contribution in [0, 0.1) is 6.92 Å². The SMILES string of the molecule is Cc1ccc(NC(=O)N2CC[C@@H](O)C2)c(Br)c1. The Hall–Kier alpha value is -1.07. The first-order chi connectivity index (χ1) is 8.06. The zero-order chi connectivity index (χ0) is 12.4. The number of aliphatic hydroxyl groups is 1. The van der Waals surface area contributed by atoms with Crippen LogP contribution in [0.4, 0.5) is 10.5 Å². The maximum absolute atomic E-state index is 11.9. The van der Waals surface area contributed by atoms with Gasteiger partial charge in [0.05, 0.1) is 11.8 Å². The highest BCUT2D eigenvalue weighted by molar-refractivity contribution is 9.10. The number of nitrogens with zero attached hydrogens (tertiary/aromatic N) is 1. The number of amides is 2. The highest BCUT2D eigenvalue weighted by Gasteiger charge is 2.24. The Morgan fingerprint density at radius 1 is 1.59 bits per heavy atom. The lowest BCUT2D eigenvalue weighted by molar-refractivity contribution is 0.176. The Morgan fingerprint density at radius 2 is 2.35 bits per heavy atom. The molecule has 2 amide bonds. The van der Waals surface area contributed by atoms with Crippen LogP contribution in [0.5, 0.6) is 0 Å². The van der Waals surface area contributed by atoms with Crippen molar-refractivity contribution in [3.63, 3.8) is 0 Å². The molecule has 1 heterocycles. The van der Waals surface area contributed by atoms with Gasteiger partial charge in [0.1, 0.15) is 0 Å². The van der Waals surface area contributed by atoms with Crippen LogP contribution < -0.4 is 5.32 Å². The molecule has 1 aromatic rings.